The van der Waals surface area contributed by atoms with Gasteiger partial charge in [0.1, 0.15) is 5.69 Å². The van der Waals surface area contributed by atoms with Gasteiger partial charge in [-0.25, -0.2) is 13.9 Å². The molecule has 8 nitrogen and oxygen atoms in total. The lowest BCUT2D eigenvalue weighted by Crippen LogP contribution is -2.26. The summed E-state index contributed by atoms with van der Waals surface area (Å²) in [6, 6.07) is 1.54. The van der Waals surface area contributed by atoms with E-state index in [0.717, 1.165) is 31.2 Å². The number of hydrogen-bond acceptors (Lipinski definition) is 7. The topological polar surface area (TPSA) is 88.9 Å². The number of hydrogen-bond donors (Lipinski definition) is 0. The summed E-state index contributed by atoms with van der Waals surface area (Å²) < 4.78 is 58.8. The first-order chi connectivity index (χ1) is 11.8. The highest BCUT2D eigenvalue weighted by Crippen LogP contribution is 2.42. The minimum atomic E-state index is -3.93. The molecule has 0 saturated carbocycles. The van der Waals surface area contributed by atoms with Crippen LogP contribution in [0, 0.1) is 5.82 Å². The highest BCUT2D eigenvalue weighted by Gasteiger charge is 2.44. The molecule has 2 heterocycles. The fourth-order valence-corrected chi connectivity index (χ4v) is 2.10. The molecule has 11 heteroatoms. The molecule has 1 aliphatic rings. The molecule has 0 atom stereocenters. The molecular formula is C14H9F3N2O6. The Morgan fingerprint density at radius 2 is 1.88 bits per heavy atom. The predicted molar refractivity (Wildman–Crippen MR) is 73.9 cm³/mol. The van der Waals surface area contributed by atoms with Crippen LogP contribution < -0.4 is 19.6 Å². The maximum absolute atomic E-state index is 14.3. The molecule has 0 bridgehead atoms. The van der Waals surface area contributed by atoms with Crippen molar-refractivity contribution in [2.45, 2.75) is 6.29 Å². The molecular weight excluding hydrogens is 349 g/mol. The Bertz CT molecular complexity index is 928. The normalized spacial score (nSPS) is 14.3. The van der Waals surface area contributed by atoms with E-state index in [1.54, 1.807) is 0 Å². The molecule has 0 fully saturated rings. The Balaban J connectivity index is 2.18. The quantitative estimate of drug-likeness (QED) is 0.768. The number of benzene rings is 1. The van der Waals surface area contributed by atoms with Crippen molar-refractivity contribution in [1.29, 1.82) is 0 Å². The Hall–Kier alpha value is -3.24. The first-order valence-electron chi connectivity index (χ1n) is 6.62. The summed E-state index contributed by atoms with van der Waals surface area (Å²) in [5.74, 6) is -3.38. The molecule has 0 N–H and O–H groups in total. The third-order valence-corrected chi connectivity index (χ3v) is 3.20. The zero-order valence-electron chi connectivity index (χ0n) is 12.7. The molecule has 1 aromatic heterocycles. The Kier molecular flexibility index (Phi) is 3.78. The number of ether oxygens (including phenoxy) is 4. The van der Waals surface area contributed by atoms with Crippen LogP contribution >= 0.6 is 0 Å². The predicted octanol–water partition coefficient (Wildman–Crippen LogP) is 1.49. The second-order valence-corrected chi connectivity index (χ2v) is 4.73. The second-order valence-electron chi connectivity index (χ2n) is 4.73. The molecule has 0 unspecified atom stereocenters. The van der Waals surface area contributed by atoms with Crippen molar-refractivity contribution in [3.8, 4) is 22.9 Å². The van der Waals surface area contributed by atoms with Gasteiger partial charge in [-0.15, -0.1) is 8.78 Å². The van der Waals surface area contributed by atoms with Crippen LogP contribution in [0.25, 0.3) is 5.69 Å². The molecule has 0 amide bonds. The Morgan fingerprint density at radius 1 is 1.24 bits per heavy atom. The zero-order chi connectivity index (χ0) is 18.4. The molecule has 0 saturated heterocycles. The summed E-state index contributed by atoms with van der Waals surface area (Å²) in [4.78, 5) is 23.7. The average molecular weight is 358 g/mol. The van der Waals surface area contributed by atoms with Gasteiger partial charge in [0.2, 0.25) is 5.69 Å². The first-order valence-corrected chi connectivity index (χ1v) is 6.62. The van der Waals surface area contributed by atoms with Gasteiger partial charge in [0, 0.05) is 12.1 Å². The van der Waals surface area contributed by atoms with E-state index in [1.165, 1.54) is 0 Å². The van der Waals surface area contributed by atoms with Gasteiger partial charge >= 0.3 is 12.3 Å². The number of halogens is 3. The van der Waals surface area contributed by atoms with Crippen molar-refractivity contribution in [1.82, 2.24) is 9.78 Å². The molecule has 0 aliphatic carbocycles. The number of esters is 1. The summed E-state index contributed by atoms with van der Waals surface area (Å²) >= 11 is 0. The van der Waals surface area contributed by atoms with Crippen molar-refractivity contribution >= 4 is 5.97 Å². The van der Waals surface area contributed by atoms with E-state index >= 15 is 0 Å². The molecule has 2 aromatic rings. The van der Waals surface area contributed by atoms with E-state index in [2.05, 4.69) is 19.3 Å². The van der Waals surface area contributed by atoms with Gasteiger partial charge in [0.05, 0.1) is 20.4 Å². The third kappa shape index (κ3) is 2.84. The smallest absolute Gasteiger partial charge is 0.491 e. The summed E-state index contributed by atoms with van der Waals surface area (Å²) in [7, 11) is 2.18. The number of nitrogens with zero attached hydrogens (tertiary/aromatic N) is 2. The van der Waals surface area contributed by atoms with Crippen molar-refractivity contribution < 1.29 is 36.9 Å². The van der Waals surface area contributed by atoms with Crippen LogP contribution in [0.4, 0.5) is 13.2 Å². The number of rotatable bonds is 3. The van der Waals surface area contributed by atoms with Crippen LogP contribution in [0.1, 0.15) is 10.5 Å². The standard InChI is InChI=1S/C14H9F3N2O6/c1-22-10-5-19(18-11(12(10)20)13(21)23-2)7-4-9-8(3-6(7)15)24-14(16,17)25-9/h3-5H,1-2H3. The van der Waals surface area contributed by atoms with Crippen LogP contribution in [-0.2, 0) is 4.74 Å². The van der Waals surface area contributed by atoms with Crippen molar-refractivity contribution in [2.75, 3.05) is 14.2 Å². The van der Waals surface area contributed by atoms with Gasteiger partial charge in [-0.2, -0.15) is 5.10 Å². The Morgan fingerprint density at radius 3 is 2.48 bits per heavy atom. The second kappa shape index (κ2) is 5.69. The molecule has 0 spiro atoms. The van der Waals surface area contributed by atoms with Crippen LogP contribution in [0.5, 0.6) is 17.2 Å². The minimum Gasteiger partial charge on any atom is -0.491 e. The number of fused-ring (bicyclic) bond motifs is 1. The van der Waals surface area contributed by atoms with Crippen molar-refractivity contribution in [2.24, 2.45) is 0 Å². The summed E-state index contributed by atoms with van der Waals surface area (Å²) in [6.45, 7) is 0. The molecule has 25 heavy (non-hydrogen) atoms. The fourth-order valence-electron chi connectivity index (χ4n) is 2.10. The summed E-state index contributed by atoms with van der Waals surface area (Å²) in [6.07, 6.45) is -2.95. The molecule has 3 rings (SSSR count). The first kappa shape index (κ1) is 16.6. The highest BCUT2D eigenvalue weighted by atomic mass is 19.3. The van der Waals surface area contributed by atoms with Gasteiger partial charge in [-0.1, -0.05) is 0 Å². The minimum absolute atomic E-state index is 0.335. The summed E-state index contributed by atoms with van der Waals surface area (Å²) in [5.41, 5.74) is -1.94. The number of carbonyl (C=O) groups is 1. The number of alkyl halides is 2. The largest absolute Gasteiger partial charge is 0.586 e. The van der Waals surface area contributed by atoms with E-state index in [4.69, 9.17) is 4.74 Å². The van der Waals surface area contributed by atoms with E-state index in [1.807, 2.05) is 0 Å². The maximum Gasteiger partial charge on any atom is 0.586 e. The van der Waals surface area contributed by atoms with Gasteiger partial charge in [-0.05, 0) is 0 Å². The molecule has 0 radical (unpaired) electrons. The van der Waals surface area contributed by atoms with Crippen LogP contribution in [-0.4, -0.2) is 36.3 Å². The van der Waals surface area contributed by atoms with Gasteiger partial charge in [-0.3, -0.25) is 4.79 Å². The number of methoxy groups -OCH3 is 2. The lowest BCUT2D eigenvalue weighted by Gasteiger charge is -2.10. The lowest BCUT2D eigenvalue weighted by molar-refractivity contribution is -0.286. The van der Waals surface area contributed by atoms with Gasteiger partial charge in [0.25, 0.3) is 5.43 Å². The van der Waals surface area contributed by atoms with Crippen LogP contribution in [0.2, 0.25) is 0 Å². The van der Waals surface area contributed by atoms with Crippen molar-refractivity contribution in [3.63, 3.8) is 0 Å². The van der Waals surface area contributed by atoms with Gasteiger partial charge < -0.3 is 18.9 Å². The van der Waals surface area contributed by atoms with E-state index in [-0.39, 0.29) is 11.4 Å². The zero-order valence-corrected chi connectivity index (χ0v) is 12.7. The van der Waals surface area contributed by atoms with Crippen LogP contribution in [0.3, 0.4) is 0 Å². The fraction of sp³-hybridized carbons (Fsp3) is 0.214. The molecule has 1 aliphatic heterocycles. The third-order valence-electron chi connectivity index (χ3n) is 3.20. The van der Waals surface area contributed by atoms with Crippen molar-refractivity contribution in [3.05, 3.63) is 40.1 Å². The number of aromatic nitrogens is 2. The lowest BCUT2D eigenvalue weighted by atomic mass is 10.2. The average Bonchev–Trinajstić information content (AvgIpc) is 2.86. The monoisotopic (exact) mass is 358 g/mol. The van der Waals surface area contributed by atoms with E-state index in [9.17, 15) is 22.8 Å². The summed E-state index contributed by atoms with van der Waals surface area (Å²) in [5, 5.41) is 3.67. The van der Waals surface area contributed by atoms with Gasteiger partial charge in [0.15, 0.2) is 23.1 Å². The Labute approximate surface area is 137 Å². The SMILES string of the molecule is COC(=O)c1nn(-c2cc3c(cc2F)OC(F)(F)O3)cc(OC)c1=O. The number of carbonyl (C=O) groups excluding carboxylic acids is 1. The highest BCUT2D eigenvalue weighted by molar-refractivity contribution is 5.87. The molecule has 1 aromatic carbocycles. The van der Waals surface area contributed by atoms with E-state index < -0.39 is 40.7 Å². The molecule has 132 valence electrons. The van der Waals surface area contributed by atoms with Crippen LogP contribution in [0.15, 0.2) is 23.1 Å². The van der Waals surface area contributed by atoms with E-state index in [0.29, 0.717) is 6.07 Å². The maximum atomic E-state index is 14.3.